The van der Waals surface area contributed by atoms with Gasteiger partial charge in [-0.3, -0.25) is 4.79 Å². The van der Waals surface area contributed by atoms with Gasteiger partial charge in [0.05, 0.1) is 29.3 Å². The minimum Gasteiger partial charge on any atom is -0.389 e. The number of likely N-dealkylation sites (tertiary alicyclic amines) is 1. The van der Waals surface area contributed by atoms with E-state index in [9.17, 15) is 9.90 Å². The molecule has 1 aromatic carbocycles. The minimum atomic E-state index is -0.768. The molecule has 0 spiro atoms. The molecule has 186 valence electrons. The van der Waals surface area contributed by atoms with Crippen LogP contribution in [0.3, 0.4) is 0 Å². The standard InChI is InChI=1S/C23H31Cl3N6O2/c1-13(24)21(29-14(2)16-7-6-15(25)11-17(16)26)31-23(27-3)32-10-8-18(20(33)12-32)30-22(34)19-5-4-9-28-19/h6-7,11,14,18-20,28-29,33H,3-5,8-10,12H2,1-2H3,(H,30,34)/b21-13+,31-23?/t14-,18-,19-,20-/m1/s1. The molecule has 8 nitrogen and oxygen atoms in total. The summed E-state index contributed by atoms with van der Waals surface area (Å²) in [4.78, 5) is 22.9. The molecule has 11 heteroatoms. The number of guanidine groups is 1. The fraction of sp³-hybridized carbons (Fsp3) is 0.522. The molecule has 4 atom stereocenters. The summed E-state index contributed by atoms with van der Waals surface area (Å²) in [6, 6.07) is 4.58. The van der Waals surface area contributed by atoms with E-state index in [-0.39, 0.29) is 30.6 Å². The lowest BCUT2D eigenvalue weighted by Gasteiger charge is -2.37. The largest absolute Gasteiger partial charge is 0.389 e. The molecule has 2 aliphatic heterocycles. The van der Waals surface area contributed by atoms with Gasteiger partial charge in [-0.15, -0.1) is 0 Å². The zero-order valence-electron chi connectivity index (χ0n) is 19.3. The highest BCUT2D eigenvalue weighted by Crippen LogP contribution is 2.27. The average molecular weight is 530 g/mol. The summed E-state index contributed by atoms with van der Waals surface area (Å²) in [6.07, 6.45) is 1.58. The lowest BCUT2D eigenvalue weighted by Crippen LogP contribution is -2.57. The van der Waals surface area contributed by atoms with Gasteiger partial charge in [-0.2, -0.15) is 4.99 Å². The number of allylic oxidation sites excluding steroid dienone is 1. The quantitative estimate of drug-likeness (QED) is 0.334. The number of piperidine rings is 1. The van der Waals surface area contributed by atoms with E-state index < -0.39 is 6.10 Å². The summed E-state index contributed by atoms with van der Waals surface area (Å²) in [6.45, 7) is 8.95. The number of aliphatic hydroxyl groups is 1. The molecule has 2 fully saturated rings. The molecule has 0 unspecified atom stereocenters. The van der Waals surface area contributed by atoms with Crippen LogP contribution in [0.15, 0.2) is 39.0 Å². The smallest absolute Gasteiger partial charge is 0.237 e. The fourth-order valence-corrected chi connectivity index (χ4v) is 4.79. The molecule has 1 amide bonds. The highest BCUT2D eigenvalue weighted by Gasteiger charge is 2.32. The number of benzene rings is 1. The van der Waals surface area contributed by atoms with Crippen molar-refractivity contribution in [2.24, 2.45) is 9.98 Å². The van der Waals surface area contributed by atoms with Crippen molar-refractivity contribution in [1.29, 1.82) is 0 Å². The van der Waals surface area contributed by atoms with Crippen molar-refractivity contribution in [2.75, 3.05) is 19.6 Å². The molecule has 0 aliphatic carbocycles. The van der Waals surface area contributed by atoms with Crippen LogP contribution in [0.1, 0.15) is 44.7 Å². The maximum Gasteiger partial charge on any atom is 0.237 e. The molecule has 2 aliphatic rings. The zero-order valence-corrected chi connectivity index (χ0v) is 21.6. The molecule has 0 radical (unpaired) electrons. The van der Waals surface area contributed by atoms with Crippen LogP contribution in [0.4, 0.5) is 0 Å². The van der Waals surface area contributed by atoms with E-state index >= 15 is 0 Å². The molecule has 0 aromatic heterocycles. The van der Waals surface area contributed by atoms with E-state index in [1.54, 1.807) is 19.1 Å². The summed E-state index contributed by atoms with van der Waals surface area (Å²) in [5, 5.41) is 21.6. The van der Waals surface area contributed by atoms with Crippen molar-refractivity contribution in [3.63, 3.8) is 0 Å². The van der Waals surface area contributed by atoms with Crippen LogP contribution in [0.25, 0.3) is 0 Å². The Morgan fingerprint density at radius 1 is 1.35 bits per heavy atom. The molecule has 0 bridgehead atoms. The molecule has 34 heavy (non-hydrogen) atoms. The molecule has 2 saturated heterocycles. The SMILES string of the molecule is C=NC(=N/C(N[C@H](C)c1ccc(Cl)cc1Cl)=C(\C)Cl)N1CC[C@@H](NC(=O)[C@H]2CCCN2)[C@H](O)C1. The maximum absolute atomic E-state index is 12.4. The van der Waals surface area contributed by atoms with Gasteiger partial charge >= 0.3 is 0 Å². The number of halogens is 3. The summed E-state index contributed by atoms with van der Waals surface area (Å²) < 4.78 is 0. The van der Waals surface area contributed by atoms with Gasteiger partial charge in [-0.05, 0) is 64.1 Å². The van der Waals surface area contributed by atoms with Crippen LogP contribution in [0.5, 0.6) is 0 Å². The van der Waals surface area contributed by atoms with Crippen LogP contribution >= 0.6 is 34.8 Å². The lowest BCUT2D eigenvalue weighted by atomic mass is 10.0. The van der Waals surface area contributed by atoms with Crippen LogP contribution in [-0.4, -0.2) is 66.4 Å². The lowest BCUT2D eigenvalue weighted by molar-refractivity contribution is -0.124. The Morgan fingerprint density at radius 2 is 2.12 bits per heavy atom. The Balaban J connectivity index is 1.67. The maximum atomic E-state index is 12.4. The molecular formula is C23H31Cl3N6O2. The van der Waals surface area contributed by atoms with Gasteiger partial charge in [-0.1, -0.05) is 40.9 Å². The number of hydrogen-bond donors (Lipinski definition) is 4. The predicted molar refractivity (Wildman–Crippen MR) is 139 cm³/mol. The number of β-amino-alcohol motifs (C(OH)–C–C–N with tert-alkyl or cyclic N) is 1. The number of rotatable bonds is 6. The van der Waals surface area contributed by atoms with Crippen molar-refractivity contribution in [1.82, 2.24) is 20.9 Å². The second-order valence-corrected chi connectivity index (χ2v) is 9.96. The van der Waals surface area contributed by atoms with E-state index in [4.69, 9.17) is 34.8 Å². The summed E-state index contributed by atoms with van der Waals surface area (Å²) >= 11 is 18.7. The van der Waals surface area contributed by atoms with Gasteiger partial charge in [0.2, 0.25) is 11.9 Å². The Bertz CT molecular complexity index is 960. The second kappa shape index (κ2) is 12.2. The first-order valence-electron chi connectivity index (χ1n) is 11.3. The number of hydrogen-bond acceptors (Lipinski definition) is 5. The van der Waals surface area contributed by atoms with Crippen LogP contribution < -0.4 is 16.0 Å². The van der Waals surface area contributed by atoms with E-state index in [1.165, 1.54) is 0 Å². The van der Waals surface area contributed by atoms with Crippen molar-refractivity contribution >= 4 is 53.4 Å². The van der Waals surface area contributed by atoms with Crippen molar-refractivity contribution in [3.8, 4) is 0 Å². The second-order valence-electron chi connectivity index (χ2n) is 8.55. The minimum absolute atomic E-state index is 0.0623. The van der Waals surface area contributed by atoms with Crippen molar-refractivity contribution in [3.05, 3.63) is 44.7 Å². The normalized spacial score (nSPS) is 24.9. The molecule has 2 heterocycles. The Morgan fingerprint density at radius 3 is 2.71 bits per heavy atom. The first-order chi connectivity index (χ1) is 16.2. The molecule has 3 rings (SSSR count). The first-order valence-corrected chi connectivity index (χ1v) is 12.4. The van der Waals surface area contributed by atoms with E-state index in [1.807, 2.05) is 17.9 Å². The van der Waals surface area contributed by atoms with E-state index in [0.717, 1.165) is 24.9 Å². The number of aliphatic imine (C=N–C) groups is 2. The van der Waals surface area contributed by atoms with E-state index in [2.05, 4.69) is 32.7 Å². The van der Waals surface area contributed by atoms with Gasteiger partial charge in [0.15, 0.2) is 0 Å². The number of carbonyl (C=O) groups excluding carboxylic acids is 1. The molecule has 0 saturated carbocycles. The first kappa shape index (κ1) is 26.8. The molecule has 1 aromatic rings. The molecular weight excluding hydrogens is 499 g/mol. The Hall–Kier alpha value is -1.84. The van der Waals surface area contributed by atoms with Crippen LogP contribution in [-0.2, 0) is 4.79 Å². The predicted octanol–water partition coefficient (Wildman–Crippen LogP) is 3.43. The molecule has 4 N–H and O–H groups in total. The van der Waals surface area contributed by atoms with Gasteiger partial charge in [-0.25, -0.2) is 4.99 Å². The number of aliphatic hydroxyl groups excluding tert-OH is 1. The Kier molecular flexibility index (Phi) is 9.62. The highest BCUT2D eigenvalue weighted by atomic mass is 35.5. The summed E-state index contributed by atoms with van der Waals surface area (Å²) in [5.74, 6) is 0.686. The number of amides is 1. The van der Waals surface area contributed by atoms with Crippen molar-refractivity contribution in [2.45, 2.75) is 57.3 Å². The topological polar surface area (TPSA) is 101 Å². The van der Waals surface area contributed by atoms with Gasteiger partial charge in [0.1, 0.15) is 5.82 Å². The number of carbonyl (C=O) groups is 1. The summed E-state index contributed by atoms with van der Waals surface area (Å²) in [7, 11) is 0. The summed E-state index contributed by atoms with van der Waals surface area (Å²) in [5.41, 5.74) is 0.841. The van der Waals surface area contributed by atoms with Gasteiger partial charge in [0.25, 0.3) is 0 Å². The third-order valence-corrected chi connectivity index (χ3v) is 6.77. The zero-order chi connectivity index (χ0) is 24.8. The fourth-order valence-electron chi connectivity index (χ4n) is 4.12. The monoisotopic (exact) mass is 528 g/mol. The third kappa shape index (κ3) is 6.86. The van der Waals surface area contributed by atoms with Gasteiger partial charge < -0.3 is 26.0 Å². The third-order valence-electron chi connectivity index (χ3n) is 6.03. The average Bonchev–Trinajstić information content (AvgIpc) is 3.33. The van der Waals surface area contributed by atoms with Crippen LogP contribution in [0.2, 0.25) is 10.0 Å². The Labute approximate surface area is 215 Å². The number of nitrogens with one attached hydrogen (secondary N) is 3. The van der Waals surface area contributed by atoms with Crippen LogP contribution in [0, 0.1) is 0 Å². The van der Waals surface area contributed by atoms with E-state index in [0.29, 0.717) is 39.8 Å². The highest BCUT2D eigenvalue weighted by molar-refractivity contribution is 6.35. The van der Waals surface area contributed by atoms with Crippen molar-refractivity contribution < 1.29 is 9.90 Å². The van der Waals surface area contributed by atoms with Gasteiger partial charge in [0, 0.05) is 23.1 Å². The number of nitrogens with zero attached hydrogens (tertiary/aromatic N) is 3.